The summed E-state index contributed by atoms with van der Waals surface area (Å²) in [6.07, 6.45) is 1.55. The molecule has 0 saturated heterocycles. The van der Waals surface area contributed by atoms with Crippen LogP contribution in [-0.2, 0) is 4.74 Å². The van der Waals surface area contributed by atoms with Gasteiger partial charge in [0.25, 0.3) is 5.91 Å². The molecule has 0 fully saturated rings. The van der Waals surface area contributed by atoms with Gasteiger partial charge in [-0.15, -0.1) is 0 Å². The van der Waals surface area contributed by atoms with Crippen molar-refractivity contribution in [1.82, 2.24) is 10.1 Å². The van der Waals surface area contributed by atoms with E-state index < -0.39 is 5.97 Å². The molecule has 0 unspecified atom stereocenters. The van der Waals surface area contributed by atoms with E-state index in [9.17, 15) is 9.59 Å². The van der Waals surface area contributed by atoms with E-state index in [1.54, 1.807) is 33.9 Å². The Kier molecular flexibility index (Phi) is 4.11. The normalized spacial score (nSPS) is 10.5. The minimum atomic E-state index is -0.481. The molecule has 7 heteroatoms. The van der Waals surface area contributed by atoms with Gasteiger partial charge in [-0.05, 0) is 27.7 Å². The molecule has 0 aromatic carbocycles. The maximum absolute atomic E-state index is 12.3. The van der Waals surface area contributed by atoms with Crippen LogP contribution in [0.25, 0.3) is 0 Å². The fourth-order valence-electron chi connectivity index (χ4n) is 2.08. The highest BCUT2D eigenvalue weighted by Gasteiger charge is 2.22. The van der Waals surface area contributed by atoms with Crippen LogP contribution in [0, 0.1) is 20.8 Å². The summed E-state index contributed by atoms with van der Waals surface area (Å²) in [6, 6.07) is 0. The Hall–Kier alpha value is -2.57. The first kappa shape index (κ1) is 14.8. The smallest absolute Gasteiger partial charge is 0.342 e. The number of rotatable bonds is 4. The number of esters is 1. The van der Waals surface area contributed by atoms with Crippen LogP contribution in [0.1, 0.15) is 44.8 Å². The molecule has 21 heavy (non-hydrogen) atoms. The highest BCUT2D eigenvalue weighted by atomic mass is 16.5. The number of ether oxygens (including phenoxy) is 1. The number of hydrogen-bond donors (Lipinski definition) is 2. The SMILES string of the molecule is CCOC(=O)c1c(NC(=O)c2c(C)noc2C)c[nH]c1C. The van der Waals surface area contributed by atoms with Crippen LogP contribution < -0.4 is 5.32 Å². The summed E-state index contributed by atoms with van der Waals surface area (Å²) in [5.74, 6) is -0.434. The van der Waals surface area contributed by atoms with E-state index in [4.69, 9.17) is 9.26 Å². The summed E-state index contributed by atoms with van der Waals surface area (Å²) in [5, 5.41) is 6.42. The average molecular weight is 291 g/mol. The molecule has 112 valence electrons. The molecule has 0 aliphatic carbocycles. The molecule has 0 spiro atoms. The standard InChI is InChI=1S/C14H17N3O4/c1-5-20-14(19)12-7(2)15-6-10(12)16-13(18)11-8(3)17-21-9(11)4/h6,15H,5H2,1-4H3,(H,16,18). The van der Waals surface area contributed by atoms with Crippen molar-refractivity contribution in [1.29, 1.82) is 0 Å². The van der Waals surface area contributed by atoms with E-state index in [2.05, 4.69) is 15.5 Å². The van der Waals surface area contributed by atoms with Gasteiger partial charge in [0.1, 0.15) is 16.9 Å². The van der Waals surface area contributed by atoms with Crippen LogP contribution in [0.2, 0.25) is 0 Å². The lowest BCUT2D eigenvalue weighted by Crippen LogP contribution is -2.16. The van der Waals surface area contributed by atoms with Gasteiger partial charge in [0.05, 0.1) is 18.0 Å². The maximum atomic E-state index is 12.3. The number of anilines is 1. The zero-order valence-electron chi connectivity index (χ0n) is 12.4. The molecule has 0 atom stereocenters. The predicted molar refractivity (Wildman–Crippen MR) is 75.4 cm³/mol. The van der Waals surface area contributed by atoms with Crippen LogP contribution in [0.3, 0.4) is 0 Å². The van der Waals surface area contributed by atoms with Crippen molar-refractivity contribution in [3.05, 3.63) is 34.5 Å². The molecular weight excluding hydrogens is 274 g/mol. The van der Waals surface area contributed by atoms with Gasteiger partial charge in [-0.3, -0.25) is 4.79 Å². The number of carbonyl (C=O) groups excluding carboxylic acids is 2. The Bertz CT molecular complexity index is 665. The van der Waals surface area contributed by atoms with Crippen molar-refractivity contribution in [2.75, 3.05) is 11.9 Å². The quantitative estimate of drug-likeness (QED) is 0.843. The highest BCUT2D eigenvalue weighted by Crippen LogP contribution is 2.22. The molecule has 2 heterocycles. The lowest BCUT2D eigenvalue weighted by molar-refractivity contribution is 0.0527. The molecule has 2 aromatic rings. The first-order valence-corrected chi connectivity index (χ1v) is 6.55. The van der Waals surface area contributed by atoms with E-state index in [1.807, 2.05) is 0 Å². The first-order chi connectivity index (χ1) is 9.95. The van der Waals surface area contributed by atoms with E-state index in [1.165, 1.54) is 0 Å². The van der Waals surface area contributed by atoms with E-state index in [0.717, 1.165) is 0 Å². The van der Waals surface area contributed by atoms with Crippen molar-refractivity contribution in [3.8, 4) is 0 Å². The molecule has 0 radical (unpaired) electrons. The second kappa shape index (κ2) is 5.82. The fraction of sp³-hybridized carbons (Fsp3) is 0.357. The zero-order valence-corrected chi connectivity index (χ0v) is 12.4. The zero-order chi connectivity index (χ0) is 15.6. The second-order valence-corrected chi connectivity index (χ2v) is 4.58. The second-order valence-electron chi connectivity index (χ2n) is 4.58. The number of hydrogen-bond acceptors (Lipinski definition) is 5. The molecule has 0 saturated carbocycles. The van der Waals surface area contributed by atoms with Crippen LogP contribution >= 0.6 is 0 Å². The van der Waals surface area contributed by atoms with Crippen molar-refractivity contribution in [3.63, 3.8) is 0 Å². The highest BCUT2D eigenvalue weighted by molar-refractivity contribution is 6.09. The Labute approximate surface area is 121 Å². The van der Waals surface area contributed by atoms with E-state index >= 15 is 0 Å². The Morgan fingerprint density at radius 1 is 1.33 bits per heavy atom. The molecule has 2 aromatic heterocycles. The molecular formula is C14H17N3O4. The number of H-pyrrole nitrogens is 1. The third kappa shape index (κ3) is 2.81. The summed E-state index contributed by atoms with van der Waals surface area (Å²) in [6.45, 7) is 7.06. The Morgan fingerprint density at radius 3 is 2.62 bits per heavy atom. The third-order valence-electron chi connectivity index (χ3n) is 3.07. The van der Waals surface area contributed by atoms with Crippen LogP contribution in [0.15, 0.2) is 10.7 Å². The van der Waals surface area contributed by atoms with Crippen molar-refractivity contribution >= 4 is 17.6 Å². The minimum Gasteiger partial charge on any atom is -0.462 e. The van der Waals surface area contributed by atoms with Crippen LogP contribution in [-0.4, -0.2) is 28.6 Å². The summed E-state index contributed by atoms with van der Waals surface area (Å²) < 4.78 is 9.95. The van der Waals surface area contributed by atoms with Gasteiger partial charge in [0.15, 0.2) is 0 Å². The van der Waals surface area contributed by atoms with Crippen LogP contribution in [0.4, 0.5) is 5.69 Å². The first-order valence-electron chi connectivity index (χ1n) is 6.55. The molecule has 0 aliphatic rings. The predicted octanol–water partition coefficient (Wildman–Crippen LogP) is 2.36. The molecule has 0 bridgehead atoms. The molecule has 0 aliphatic heterocycles. The Balaban J connectivity index is 2.29. The number of nitrogens with zero attached hydrogens (tertiary/aromatic N) is 1. The number of aromatic nitrogens is 2. The molecule has 2 rings (SSSR count). The number of carbonyl (C=O) groups is 2. The Morgan fingerprint density at radius 2 is 2.05 bits per heavy atom. The van der Waals surface area contributed by atoms with Crippen molar-refractivity contribution in [2.24, 2.45) is 0 Å². The minimum absolute atomic E-state index is 0.265. The molecule has 1 amide bonds. The molecule has 2 N–H and O–H groups in total. The van der Waals surface area contributed by atoms with Gasteiger partial charge in [0, 0.05) is 11.9 Å². The number of nitrogens with one attached hydrogen (secondary N) is 2. The number of aromatic amines is 1. The average Bonchev–Trinajstić information content (AvgIpc) is 2.93. The van der Waals surface area contributed by atoms with E-state index in [0.29, 0.717) is 34.0 Å². The number of amides is 1. The largest absolute Gasteiger partial charge is 0.462 e. The maximum Gasteiger partial charge on any atom is 0.342 e. The number of aryl methyl sites for hydroxylation is 3. The molecule has 7 nitrogen and oxygen atoms in total. The van der Waals surface area contributed by atoms with Gasteiger partial charge in [0.2, 0.25) is 0 Å². The van der Waals surface area contributed by atoms with Gasteiger partial charge in [-0.2, -0.15) is 0 Å². The van der Waals surface area contributed by atoms with Gasteiger partial charge in [-0.1, -0.05) is 5.16 Å². The topological polar surface area (TPSA) is 97.2 Å². The lowest BCUT2D eigenvalue weighted by Gasteiger charge is -2.07. The summed E-state index contributed by atoms with van der Waals surface area (Å²) >= 11 is 0. The van der Waals surface area contributed by atoms with Crippen LogP contribution in [0.5, 0.6) is 0 Å². The summed E-state index contributed by atoms with van der Waals surface area (Å²) in [4.78, 5) is 27.1. The summed E-state index contributed by atoms with van der Waals surface area (Å²) in [5.41, 5.74) is 2.18. The monoisotopic (exact) mass is 291 g/mol. The van der Waals surface area contributed by atoms with Crippen molar-refractivity contribution < 1.29 is 18.8 Å². The van der Waals surface area contributed by atoms with Crippen molar-refractivity contribution in [2.45, 2.75) is 27.7 Å². The van der Waals surface area contributed by atoms with E-state index in [-0.39, 0.29) is 12.5 Å². The van der Waals surface area contributed by atoms with Gasteiger partial charge in [-0.25, -0.2) is 4.79 Å². The van der Waals surface area contributed by atoms with Gasteiger partial charge < -0.3 is 19.6 Å². The lowest BCUT2D eigenvalue weighted by atomic mass is 10.1. The fourth-order valence-corrected chi connectivity index (χ4v) is 2.08. The summed E-state index contributed by atoms with van der Waals surface area (Å²) in [7, 11) is 0. The van der Waals surface area contributed by atoms with Gasteiger partial charge >= 0.3 is 5.97 Å². The third-order valence-corrected chi connectivity index (χ3v) is 3.07.